The van der Waals surface area contributed by atoms with Crippen LogP contribution in [-0.2, 0) is 4.79 Å². The number of amides is 3. The molecule has 5 nitrogen and oxygen atoms in total. The van der Waals surface area contributed by atoms with Crippen LogP contribution in [0.5, 0.6) is 0 Å². The van der Waals surface area contributed by atoms with Crippen molar-refractivity contribution in [3.63, 3.8) is 0 Å². The van der Waals surface area contributed by atoms with Gasteiger partial charge in [0.25, 0.3) is 0 Å². The molecule has 96 valence electrons. The molecule has 3 amide bonds. The second kappa shape index (κ2) is 5.30. The van der Waals surface area contributed by atoms with Crippen LogP contribution in [0.2, 0.25) is 0 Å². The Hall–Kier alpha value is -1.69. The van der Waals surface area contributed by atoms with Gasteiger partial charge in [0.1, 0.15) is 0 Å². The van der Waals surface area contributed by atoms with E-state index in [1.165, 1.54) is 16.7 Å². The van der Waals surface area contributed by atoms with Crippen LogP contribution in [0.4, 0.5) is 10.5 Å². The minimum atomic E-state index is -0.308. The van der Waals surface area contributed by atoms with Gasteiger partial charge in [-0.1, -0.05) is 12.1 Å². The number of imide groups is 1. The summed E-state index contributed by atoms with van der Waals surface area (Å²) in [7, 11) is 0. The highest BCUT2D eigenvalue weighted by molar-refractivity contribution is 8.00. The maximum atomic E-state index is 11.8. The van der Waals surface area contributed by atoms with Gasteiger partial charge < -0.3 is 11.1 Å². The predicted molar refractivity (Wildman–Crippen MR) is 71.4 cm³/mol. The third-order valence-electron chi connectivity index (χ3n) is 2.79. The molecule has 1 fully saturated rings. The molecule has 18 heavy (non-hydrogen) atoms. The number of rotatable bonds is 3. The fourth-order valence-corrected chi connectivity index (χ4v) is 2.63. The largest absolute Gasteiger partial charge is 0.398 e. The molecular weight excluding hydrogens is 250 g/mol. The van der Waals surface area contributed by atoms with Crippen molar-refractivity contribution in [3.05, 3.63) is 23.8 Å². The minimum Gasteiger partial charge on any atom is -0.398 e. The van der Waals surface area contributed by atoms with Gasteiger partial charge in [-0.2, -0.15) is 0 Å². The van der Waals surface area contributed by atoms with E-state index in [0.717, 1.165) is 10.5 Å². The molecule has 0 aromatic heterocycles. The SMILES string of the molecule is Cc1cccc(SCC(=O)N2CCNC2=O)c1N. The van der Waals surface area contributed by atoms with E-state index in [0.29, 0.717) is 18.8 Å². The topological polar surface area (TPSA) is 75.4 Å². The van der Waals surface area contributed by atoms with Crippen LogP contribution < -0.4 is 11.1 Å². The molecule has 0 saturated carbocycles. The molecule has 0 radical (unpaired) electrons. The molecule has 0 unspecified atom stereocenters. The second-order valence-corrected chi connectivity index (χ2v) is 5.07. The van der Waals surface area contributed by atoms with Gasteiger partial charge in [-0.15, -0.1) is 11.8 Å². The Labute approximate surface area is 110 Å². The summed E-state index contributed by atoms with van der Waals surface area (Å²) in [6, 6.07) is 5.40. The van der Waals surface area contributed by atoms with E-state index in [1.807, 2.05) is 25.1 Å². The monoisotopic (exact) mass is 265 g/mol. The number of para-hydroxylation sites is 1. The Morgan fingerprint density at radius 2 is 2.33 bits per heavy atom. The van der Waals surface area contributed by atoms with E-state index < -0.39 is 0 Å². The molecule has 1 aromatic carbocycles. The van der Waals surface area contributed by atoms with Crippen LogP contribution in [0.1, 0.15) is 5.56 Å². The third kappa shape index (κ3) is 2.59. The van der Waals surface area contributed by atoms with E-state index in [-0.39, 0.29) is 17.7 Å². The molecule has 3 N–H and O–H groups in total. The molecule has 1 aliphatic rings. The third-order valence-corrected chi connectivity index (χ3v) is 3.85. The van der Waals surface area contributed by atoms with Crippen LogP contribution in [-0.4, -0.2) is 35.7 Å². The molecule has 0 spiro atoms. The smallest absolute Gasteiger partial charge is 0.324 e. The van der Waals surface area contributed by atoms with Crippen LogP contribution in [0.15, 0.2) is 23.1 Å². The van der Waals surface area contributed by atoms with E-state index >= 15 is 0 Å². The predicted octanol–water partition coefficient (Wildman–Crippen LogP) is 1.22. The summed E-state index contributed by atoms with van der Waals surface area (Å²) in [5, 5.41) is 2.60. The lowest BCUT2D eigenvalue weighted by molar-refractivity contribution is -0.124. The summed E-state index contributed by atoms with van der Waals surface area (Å²) in [6.45, 7) is 2.90. The van der Waals surface area contributed by atoms with E-state index in [1.54, 1.807) is 0 Å². The number of nitrogens with zero attached hydrogens (tertiary/aromatic N) is 1. The van der Waals surface area contributed by atoms with Crippen molar-refractivity contribution in [3.8, 4) is 0 Å². The zero-order chi connectivity index (χ0) is 13.1. The normalized spacial score (nSPS) is 14.7. The summed E-state index contributed by atoms with van der Waals surface area (Å²) in [5.41, 5.74) is 7.61. The number of carbonyl (C=O) groups is 2. The summed E-state index contributed by atoms with van der Waals surface area (Å²) in [5.74, 6) is 0.0389. The number of benzene rings is 1. The average Bonchev–Trinajstić information content (AvgIpc) is 2.77. The number of nitrogens with two attached hydrogens (primary N) is 1. The number of anilines is 1. The van der Waals surface area contributed by atoms with E-state index in [4.69, 9.17) is 5.73 Å². The van der Waals surface area contributed by atoms with Crippen molar-refractivity contribution >= 4 is 29.4 Å². The van der Waals surface area contributed by atoms with Gasteiger partial charge in [-0.25, -0.2) is 4.79 Å². The van der Waals surface area contributed by atoms with Crippen molar-refractivity contribution in [1.82, 2.24) is 10.2 Å². The Kier molecular flexibility index (Phi) is 3.76. The molecule has 0 atom stereocenters. The highest BCUT2D eigenvalue weighted by Gasteiger charge is 2.25. The summed E-state index contributed by atoms with van der Waals surface area (Å²) in [6.07, 6.45) is 0. The standard InChI is InChI=1S/C12H15N3O2S/c1-8-3-2-4-9(11(8)13)18-7-10(16)15-6-5-14-12(15)17/h2-4H,5-7,13H2,1H3,(H,14,17). The zero-order valence-corrected chi connectivity index (χ0v) is 10.9. The van der Waals surface area contributed by atoms with Gasteiger partial charge in [0.15, 0.2) is 0 Å². The number of nitrogens with one attached hydrogen (secondary N) is 1. The van der Waals surface area contributed by atoms with Crippen molar-refractivity contribution in [2.45, 2.75) is 11.8 Å². The number of hydrogen-bond acceptors (Lipinski definition) is 4. The number of aryl methyl sites for hydroxylation is 1. The van der Waals surface area contributed by atoms with Crippen molar-refractivity contribution in [2.75, 3.05) is 24.6 Å². The number of carbonyl (C=O) groups excluding carboxylic acids is 2. The number of nitrogen functional groups attached to an aromatic ring is 1. The van der Waals surface area contributed by atoms with Gasteiger partial charge in [-0.05, 0) is 18.6 Å². The van der Waals surface area contributed by atoms with Crippen LogP contribution in [0.25, 0.3) is 0 Å². The van der Waals surface area contributed by atoms with Crippen LogP contribution in [0, 0.1) is 6.92 Å². The molecule has 1 saturated heterocycles. The van der Waals surface area contributed by atoms with Crippen molar-refractivity contribution in [2.24, 2.45) is 0 Å². The van der Waals surface area contributed by atoms with Crippen LogP contribution >= 0.6 is 11.8 Å². The Bertz CT molecular complexity index is 490. The molecule has 1 aliphatic heterocycles. The fourth-order valence-electron chi connectivity index (χ4n) is 1.71. The maximum absolute atomic E-state index is 11.8. The number of thioether (sulfide) groups is 1. The van der Waals surface area contributed by atoms with E-state index in [9.17, 15) is 9.59 Å². The molecular formula is C12H15N3O2S. The zero-order valence-electron chi connectivity index (χ0n) is 10.1. The molecule has 0 bridgehead atoms. The summed E-state index contributed by atoms with van der Waals surface area (Å²) >= 11 is 1.36. The molecule has 0 aliphatic carbocycles. The summed E-state index contributed by atoms with van der Waals surface area (Å²) in [4.78, 5) is 25.2. The fraction of sp³-hybridized carbons (Fsp3) is 0.333. The Balaban J connectivity index is 1.97. The summed E-state index contributed by atoms with van der Waals surface area (Å²) < 4.78 is 0. The quantitative estimate of drug-likeness (QED) is 0.636. The molecule has 1 aromatic rings. The van der Waals surface area contributed by atoms with Crippen molar-refractivity contribution in [1.29, 1.82) is 0 Å². The van der Waals surface area contributed by atoms with Gasteiger partial charge >= 0.3 is 6.03 Å². The lowest BCUT2D eigenvalue weighted by Gasteiger charge is -2.12. The van der Waals surface area contributed by atoms with Crippen LogP contribution in [0.3, 0.4) is 0 Å². The Morgan fingerprint density at radius 1 is 1.56 bits per heavy atom. The first-order valence-electron chi connectivity index (χ1n) is 5.65. The first-order chi connectivity index (χ1) is 8.59. The maximum Gasteiger partial charge on any atom is 0.324 e. The number of hydrogen-bond donors (Lipinski definition) is 2. The first kappa shape index (κ1) is 12.8. The Morgan fingerprint density at radius 3 is 3.00 bits per heavy atom. The molecule has 2 rings (SSSR count). The van der Waals surface area contributed by atoms with Gasteiger partial charge in [0, 0.05) is 23.7 Å². The average molecular weight is 265 g/mol. The second-order valence-electron chi connectivity index (χ2n) is 4.05. The van der Waals surface area contributed by atoms with Gasteiger partial charge in [0.05, 0.1) is 5.75 Å². The van der Waals surface area contributed by atoms with Gasteiger partial charge in [0.2, 0.25) is 5.91 Å². The van der Waals surface area contributed by atoms with E-state index in [2.05, 4.69) is 5.32 Å². The molecule has 6 heteroatoms. The van der Waals surface area contributed by atoms with Crippen molar-refractivity contribution < 1.29 is 9.59 Å². The number of urea groups is 1. The highest BCUT2D eigenvalue weighted by Crippen LogP contribution is 2.27. The minimum absolute atomic E-state index is 0.184. The lowest BCUT2D eigenvalue weighted by Crippen LogP contribution is -2.35. The molecule has 1 heterocycles. The first-order valence-corrected chi connectivity index (χ1v) is 6.64. The van der Waals surface area contributed by atoms with Gasteiger partial charge in [-0.3, -0.25) is 9.69 Å². The highest BCUT2D eigenvalue weighted by atomic mass is 32.2. The lowest BCUT2D eigenvalue weighted by atomic mass is 10.2.